The number of amides is 3. The molecule has 1 aromatic heterocycles. The summed E-state index contributed by atoms with van der Waals surface area (Å²) >= 11 is 0. The van der Waals surface area contributed by atoms with E-state index in [1.165, 1.54) is 24.7 Å². The maximum atomic E-state index is 13.5. The monoisotopic (exact) mass is 586 g/mol. The minimum atomic E-state index is -3.44. The molecule has 0 aliphatic carbocycles. The van der Waals surface area contributed by atoms with Gasteiger partial charge < -0.3 is 21.7 Å². The average molecular weight is 587 g/mol. The van der Waals surface area contributed by atoms with Gasteiger partial charge in [-0.2, -0.15) is 0 Å². The molecule has 2 rings (SSSR count). The Morgan fingerprint density at radius 2 is 1.44 bits per heavy atom. The second-order valence-corrected chi connectivity index (χ2v) is 12.9. The Bertz CT molecular complexity index is 1280. The predicted molar refractivity (Wildman–Crippen MR) is 158 cm³/mol. The number of sulfone groups is 1. The zero-order chi connectivity index (χ0) is 30.6. The molecule has 2 aromatic rings. The van der Waals surface area contributed by atoms with Crippen LogP contribution in [-0.4, -0.2) is 60.5 Å². The molecule has 11 nitrogen and oxygen atoms in total. The molecule has 0 bridgehead atoms. The summed E-state index contributed by atoms with van der Waals surface area (Å²) in [6.07, 6.45) is 7.64. The summed E-state index contributed by atoms with van der Waals surface area (Å²) in [4.78, 5) is 47.5. The molecular weight excluding hydrogens is 544 g/mol. The van der Waals surface area contributed by atoms with Gasteiger partial charge in [0.05, 0.1) is 12.2 Å². The molecular formula is C29H42N6O5S. The molecule has 0 saturated carbocycles. The fraction of sp³-hybridized carbons (Fsp3) is 0.483. The van der Waals surface area contributed by atoms with E-state index < -0.39 is 45.7 Å². The molecule has 0 fully saturated rings. The molecule has 0 spiro atoms. The molecule has 1 aromatic carbocycles. The summed E-state index contributed by atoms with van der Waals surface area (Å²) in [5.41, 5.74) is 7.58. The molecule has 0 radical (unpaired) electrons. The van der Waals surface area contributed by atoms with Crippen LogP contribution in [-0.2, 0) is 32.4 Å². The van der Waals surface area contributed by atoms with Gasteiger partial charge in [0.1, 0.15) is 17.8 Å². The summed E-state index contributed by atoms with van der Waals surface area (Å²) < 4.78 is 23.6. The SMILES string of the molecule is CC(C)C[C@H](NC(=O)c1cnccn1)C(=O)N[C@@H](CC(C)C)C(=O)N[C@H](C=CS(C)(=O)=O)Cc1ccc(CN)cc1. The summed E-state index contributed by atoms with van der Waals surface area (Å²) in [5.74, 6) is -1.39. The number of nitrogens with one attached hydrogen (secondary N) is 3. The Kier molecular flexibility index (Phi) is 13.1. The molecule has 12 heteroatoms. The Morgan fingerprint density at radius 3 is 1.95 bits per heavy atom. The topological polar surface area (TPSA) is 173 Å². The number of rotatable bonds is 15. The lowest BCUT2D eigenvalue weighted by Gasteiger charge is -2.26. The minimum Gasteiger partial charge on any atom is -0.348 e. The van der Waals surface area contributed by atoms with E-state index in [1.54, 1.807) is 0 Å². The first-order chi connectivity index (χ1) is 19.3. The highest BCUT2D eigenvalue weighted by atomic mass is 32.2. The van der Waals surface area contributed by atoms with Gasteiger partial charge in [0.25, 0.3) is 5.91 Å². The highest BCUT2D eigenvalue weighted by Gasteiger charge is 2.29. The van der Waals surface area contributed by atoms with Crippen molar-refractivity contribution >= 4 is 27.6 Å². The van der Waals surface area contributed by atoms with Gasteiger partial charge in [0.2, 0.25) is 11.8 Å². The maximum absolute atomic E-state index is 13.5. The van der Waals surface area contributed by atoms with E-state index in [4.69, 9.17) is 5.73 Å². The first kappa shape index (κ1) is 33.6. The zero-order valence-corrected chi connectivity index (χ0v) is 25.1. The van der Waals surface area contributed by atoms with Crippen LogP contribution in [0.3, 0.4) is 0 Å². The summed E-state index contributed by atoms with van der Waals surface area (Å²) in [6.45, 7) is 8.08. The number of nitrogens with zero attached hydrogens (tertiary/aromatic N) is 2. The van der Waals surface area contributed by atoms with E-state index in [1.807, 2.05) is 52.0 Å². The van der Waals surface area contributed by atoms with Crippen LogP contribution in [0.25, 0.3) is 0 Å². The number of nitrogens with two attached hydrogens (primary N) is 1. The van der Waals surface area contributed by atoms with Crippen molar-refractivity contribution in [3.05, 3.63) is 71.2 Å². The lowest BCUT2D eigenvalue weighted by Crippen LogP contribution is -2.55. The molecule has 0 aliphatic rings. The Hall–Kier alpha value is -3.64. The van der Waals surface area contributed by atoms with Crippen molar-refractivity contribution in [1.82, 2.24) is 25.9 Å². The van der Waals surface area contributed by atoms with Crippen molar-refractivity contribution in [2.45, 2.75) is 71.6 Å². The van der Waals surface area contributed by atoms with Crippen LogP contribution in [0.1, 0.15) is 62.2 Å². The van der Waals surface area contributed by atoms with E-state index in [2.05, 4.69) is 25.9 Å². The van der Waals surface area contributed by atoms with Gasteiger partial charge >= 0.3 is 0 Å². The number of hydrogen-bond donors (Lipinski definition) is 4. The number of hydrogen-bond acceptors (Lipinski definition) is 8. The quantitative estimate of drug-likeness (QED) is 0.245. The van der Waals surface area contributed by atoms with Crippen LogP contribution in [0.5, 0.6) is 0 Å². The lowest BCUT2D eigenvalue weighted by atomic mass is 9.99. The third-order valence-corrected chi connectivity index (χ3v) is 6.72. The van der Waals surface area contributed by atoms with Gasteiger partial charge in [-0.1, -0.05) is 58.0 Å². The standard InChI is InChI=1S/C29H42N6O5S/c1-19(2)14-24(34-28(37)25(15-20(3)4)35-29(38)26-18-31-11-12-32-26)27(36)33-23(10-13-41(5,39)40)16-21-6-8-22(17-30)9-7-21/h6-13,18-20,23-25H,14-17,30H2,1-5H3,(H,33,36)(H,34,37)(H,35,38)/t23-,24+,25+/m1/s1. The molecule has 0 saturated heterocycles. The van der Waals surface area contributed by atoms with Gasteiger partial charge in [0, 0.05) is 30.6 Å². The van der Waals surface area contributed by atoms with E-state index >= 15 is 0 Å². The fourth-order valence-corrected chi connectivity index (χ4v) is 4.56. The van der Waals surface area contributed by atoms with Crippen LogP contribution in [0.2, 0.25) is 0 Å². The van der Waals surface area contributed by atoms with Crippen LogP contribution in [0.15, 0.2) is 54.3 Å². The minimum absolute atomic E-state index is 0.0533. The van der Waals surface area contributed by atoms with E-state index in [-0.39, 0.29) is 17.5 Å². The van der Waals surface area contributed by atoms with Gasteiger partial charge in [-0.05, 0) is 42.2 Å². The van der Waals surface area contributed by atoms with Crippen molar-refractivity contribution in [2.24, 2.45) is 17.6 Å². The average Bonchev–Trinajstić information content (AvgIpc) is 2.90. The molecule has 224 valence electrons. The third-order valence-electron chi connectivity index (χ3n) is 6.06. The van der Waals surface area contributed by atoms with E-state index in [0.29, 0.717) is 25.8 Å². The molecule has 0 unspecified atom stereocenters. The Balaban J connectivity index is 2.24. The molecule has 41 heavy (non-hydrogen) atoms. The highest BCUT2D eigenvalue weighted by Crippen LogP contribution is 2.12. The summed E-state index contributed by atoms with van der Waals surface area (Å²) in [5, 5.41) is 9.47. The largest absolute Gasteiger partial charge is 0.348 e. The number of benzene rings is 1. The maximum Gasteiger partial charge on any atom is 0.272 e. The first-order valence-corrected chi connectivity index (χ1v) is 15.6. The Labute approximate surface area is 242 Å². The van der Waals surface area contributed by atoms with Crippen molar-refractivity contribution in [3.8, 4) is 0 Å². The van der Waals surface area contributed by atoms with Crippen molar-refractivity contribution < 1.29 is 22.8 Å². The number of carbonyl (C=O) groups excluding carboxylic acids is 3. The van der Waals surface area contributed by atoms with Gasteiger partial charge in [-0.3, -0.25) is 19.4 Å². The first-order valence-electron chi connectivity index (χ1n) is 13.6. The van der Waals surface area contributed by atoms with Crippen molar-refractivity contribution in [3.63, 3.8) is 0 Å². The third kappa shape index (κ3) is 12.6. The van der Waals surface area contributed by atoms with Gasteiger partial charge in [0.15, 0.2) is 9.84 Å². The number of carbonyl (C=O) groups is 3. The van der Waals surface area contributed by atoms with E-state index in [0.717, 1.165) is 22.8 Å². The summed E-state index contributed by atoms with van der Waals surface area (Å²) in [6, 6.07) is 5.02. The highest BCUT2D eigenvalue weighted by molar-refractivity contribution is 7.93. The van der Waals surface area contributed by atoms with E-state index in [9.17, 15) is 22.8 Å². The predicted octanol–water partition coefficient (Wildman–Crippen LogP) is 1.90. The van der Waals surface area contributed by atoms with Crippen molar-refractivity contribution in [1.29, 1.82) is 0 Å². The van der Waals surface area contributed by atoms with Crippen LogP contribution in [0.4, 0.5) is 0 Å². The van der Waals surface area contributed by atoms with Gasteiger partial charge in [-0.25, -0.2) is 13.4 Å². The Morgan fingerprint density at radius 1 is 0.878 bits per heavy atom. The van der Waals surface area contributed by atoms with Crippen LogP contribution in [0, 0.1) is 11.8 Å². The summed E-state index contributed by atoms with van der Waals surface area (Å²) in [7, 11) is -3.44. The molecule has 3 atom stereocenters. The molecule has 5 N–H and O–H groups in total. The molecule has 0 aliphatic heterocycles. The van der Waals surface area contributed by atoms with Crippen molar-refractivity contribution in [2.75, 3.05) is 6.26 Å². The van der Waals surface area contributed by atoms with Crippen LogP contribution >= 0.6 is 0 Å². The van der Waals surface area contributed by atoms with Crippen LogP contribution < -0.4 is 21.7 Å². The smallest absolute Gasteiger partial charge is 0.272 e. The second kappa shape index (κ2) is 16.0. The normalized spacial score (nSPS) is 14.0. The second-order valence-electron chi connectivity index (χ2n) is 10.9. The molecule has 1 heterocycles. The van der Waals surface area contributed by atoms with Gasteiger partial charge in [-0.15, -0.1) is 0 Å². The number of aromatic nitrogens is 2. The lowest BCUT2D eigenvalue weighted by molar-refractivity contribution is -0.130. The molecule has 3 amide bonds. The fourth-order valence-electron chi connectivity index (χ4n) is 4.08. The zero-order valence-electron chi connectivity index (χ0n) is 24.3.